The summed E-state index contributed by atoms with van der Waals surface area (Å²) in [5, 5.41) is 9.02. The number of nitriles is 1. The SMILES string of the molecule is CC(C)CSC1(C#N)CC=CC1. The van der Waals surface area contributed by atoms with Gasteiger partial charge in [-0.1, -0.05) is 26.0 Å². The van der Waals surface area contributed by atoms with Crippen LogP contribution in [0.15, 0.2) is 12.2 Å². The van der Waals surface area contributed by atoms with Gasteiger partial charge in [0, 0.05) is 0 Å². The molecule has 66 valence electrons. The molecule has 0 atom stereocenters. The molecule has 0 aromatic rings. The van der Waals surface area contributed by atoms with Gasteiger partial charge in [-0.05, 0) is 24.5 Å². The van der Waals surface area contributed by atoms with Gasteiger partial charge in [0.05, 0.1) is 6.07 Å². The molecule has 0 fully saturated rings. The third-order valence-electron chi connectivity index (χ3n) is 1.96. The summed E-state index contributed by atoms with van der Waals surface area (Å²) in [6.07, 6.45) is 6.11. The van der Waals surface area contributed by atoms with Crippen molar-refractivity contribution in [3.63, 3.8) is 0 Å². The average molecular weight is 181 g/mol. The van der Waals surface area contributed by atoms with Crippen LogP contribution in [0.2, 0.25) is 0 Å². The molecule has 1 aliphatic rings. The van der Waals surface area contributed by atoms with Gasteiger partial charge in [0.1, 0.15) is 4.75 Å². The highest BCUT2D eigenvalue weighted by atomic mass is 32.2. The number of hydrogen-bond acceptors (Lipinski definition) is 2. The highest BCUT2D eigenvalue weighted by Crippen LogP contribution is 2.37. The number of hydrogen-bond donors (Lipinski definition) is 0. The Labute approximate surface area is 78.8 Å². The number of nitrogens with zero attached hydrogens (tertiary/aromatic N) is 1. The summed E-state index contributed by atoms with van der Waals surface area (Å²) in [4.78, 5) is 0. The Morgan fingerprint density at radius 2 is 2.08 bits per heavy atom. The van der Waals surface area contributed by atoms with Crippen molar-refractivity contribution in [3.05, 3.63) is 12.2 Å². The predicted octanol–water partition coefficient (Wildman–Crippen LogP) is 2.99. The Morgan fingerprint density at radius 3 is 2.50 bits per heavy atom. The van der Waals surface area contributed by atoms with Crippen molar-refractivity contribution in [2.24, 2.45) is 5.92 Å². The molecule has 0 amide bonds. The molecule has 1 nitrogen and oxygen atoms in total. The lowest BCUT2D eigenvalue weighted by Crippen LogP contribution is -2.19. The van der Waals surface area contributed by atoms with Crippen LogP contribution in [0.25, 0.3) is 0 Å². The normalized spacial score (nSPS) is 19.8. The van der Waals surface area contributed by atoms with Crippen LogP contribution >= 0.6 is 11.8 Å². The molecule has 0 bridgehead atoms. The second-order valence-electron chi connectivity index (χ2n) is 3.69. The number of allylic oxidation sites excluding steroid dienone is 2. The topological polar surface area (TPSA) is 23.8 Å². The van der Waals surface area contributed by atoms with Crippen molar-refractivity contribution in [2.75, 3.05) is 5.75 Å². The summed E-state index contributed by atoms with van der Waals surface area (Å²) in [6.45, 7) is 4.39. The van der Waals surface area contributed by atoms with Crippen LogP contribution in [0.1, 0.15) is 26.7 Å². The maximum atomic E-state index is 9.02. The molecule has 0 aromatic carbocycles. The van der Waals surface area contributed by atoms with Gasteiger partial charge < -0.3 is 0 Å². The zero-order valence-corrected chi connectivity index (χ0v) is 8.53. The van der Waals surface area contributed by atoms with Gasteiger partial charge in [0.2, 0.25) is 0 Å². The Bertz CT molecular complexity index is 204. The lowest BCUT2D eigenvalue weighted by atomic mass is 10.1. The molecule has 1 rings (SSSR count). The highest BCUT2D eigenvalue weighted by Gasteiger charge is 2.31. The first-order valence-corrected chi connectivity index (χ1v) is 5.37. The van der Waals surface area contributed by atoms with Gasteiger partial charge in [0.15, 0.2) is 0 Å². The van der Waals surface area contributed by atoms with E-state index in [-0.39, 0.29) is 4.75 Å². The maximum Gasteiger partial charge on any atom is 0.109 e. The Morgan fingerprint density at radius 1 is 1.50 bits per heavy atom. The molecule has 0 aliphatic heterocycles. The summed E-state index contributed by atoms with van der Waals surface area (Å²) in [7, 11) is 0. The second kappa shape index (κ2) is 4.00. The minimum Gasteiger partial charge on any atom is -0.197 e. The zero-order valence-electron chi connectivity index (χ0n) is 7.71. The summed E-state index contributed by atoms with van der Waals surface area (Å²) in [6, 6.07) is 2.43. The molecule has 12 heavy (non-hydrogen) atoms. The summed E-state index contributed by atoms with van der Waals surface area (Å²) in [5.74, 6) is 1.77. The molecule has 0 aromatic heterocycles. The quantitative estimate of drug-likeness (QED) is 0.625. The molecule has 0 heterocycles. The Hall–Kier alpha value is -0.420. The zero-order chi connectivity index (χ0) is 9.03. The van der Waals surface area contributed by atoms with Crippen LogP contribution < -0.4 is 0 Å². The summed E-state index contributed by atoms with van der Waals surface area (Å²) >= 11 is 1.82. The standard InChI is InChI=1S/C10H15NS/c1-9(2)7-12-10(8-11)5-3-4-6-10/h3-4,9H,5-7H2,1-2H3. The summed E-state index contributed by atoms with van der Waals surface area (Å²) in [5.41, 5.74) is 0. The van der Waals surface area contributed by atoms with E-state index in [1.807, 2.05) is 11.8 Å². The van der Waals surface area contributed by atoms with Crippen LogP contribution in [0.4, 0.5) is 0 Å². The van der Waals surface area contributed by atoms with Gasteiger partial charge in [-0.2, -0.15) is 5.26 Å². The summed E-state index contributed by atoms with van der Waals surface area (Å²) < 4.78 is -0.121. The Balaban J connectivity index is 2.42. The van der Waals surface area contributed by atoms with Crippen molar-refractivity contribution in [1.29, 1.82) is 5.26 Å². The first-order chi connectivity index (χ1) is 5.68. The second-order valence-corrected chi connectivity index (χ2v) is 5.09. The minimum atomic E-state index is -0.121. The molecule has 0 saturated carbocycles. The third-order valence-corrected chi connectivity index (χ3v) is 3.77. The molecular formula is C10H15NS. The maximum absolute atomic E-state index is 9.02. The fourth-order valence-corrected chi connectivity index (χ4v) is 2.34. The third kappa shape index (κ3) is 2.28. The molecule has 0 saturated heterocycles. The number of thioether (sulfide) groups is 1. The van der Waals surface area contributed by atoms with Gasteiger partial charge in [-0.15, -0.1) is 11.8 Å². The van der Waals surface area contributed by atoms with Crippen LogP contribution in [0.3, 0.4) is 0 Å². The van der Waals surface area contributed by atoms with Gasteiger partial charge in [-0.3, -0.25) is 0 Å². The van der Waals surface area contributed by atoms with E-state index < -0.39 is 0 Å². The fraction of sp³-hybridized carbons (Fsp3) is 0.700. The van der Waals surface area contributed by atoms with E-state index >= 15 is 0 Å². The molecule has 0 spiro atoms. The van der Waals surface area contributed by atoms with E-state index in [0.717, 1.165) is 18.6 Å². The van der Waals surface area contributed by atoms with E-state index in [9.17, 15) is 0 Å². The molecule has 0 N–H and O–H groups in total. The van der Waals surface area contributed by atoms with E-state index in [4.69, 9.17) is 5.26 Å². The average Bonchev–Trinajstić information content (AvgIpc) is 2.50. The van der Waals surface area contributed by atoms with E-state index in [1.165, 1.54) is 0 Å². The Kier molecular flexibility index (Phi) is 3.22. The van der Waals surface area contributed by atoms with Crippen molar-refractivity contribution in [3.8, 4) is 6.07 Å². The molecule has 0 unspecified atom stereocenters. The van der Waals surface area contributed by atoms with Crippen LogP contribution in [-0.2, 0) is 0 Å². The van der Waals surface area contributed by atoms with Crippen molar-refractivity contribution >= 4 is 11.8 Å². The predicted molar refractivity (Wildman–Crippen MR) is 54.0 cm³/mol. The fourth-order valence-electron chi connectivity index (χ4n) is 1.20. The first-order valence-electron chi connectivity index (χ1n) is 4.39. The lowest BCUT2D eigenvalue weighted by molar-refractivity contribution is 0.731. The number of rotatable bonds is 3. The molecule has 0 radical (unpaired) electrons. The van der Waals surface area contributed by atoms with Gasteiger partial charge in [-0.25, -0.2) is 0 Å². The highest BCUT2D eigenvalue weighted by molar-refractivity contribution is 8.00. The van der Waals surface area contributed by atoms with Gasteiger partial charge >= 0.3 is 0 Å². The van der Waals surface area contributed by atoms with E-state index in [1.54, 1.807) is 0 Å². The smallest absolute Gasteiger partial charge is 0.109 e. The molecular weight excluding hydrogens is 166 g/mol. The van der Waals surface area contributed by atoms with Crippen LogP contribution in [-0.4, -0.2) is 10.5 Å². The van der Waals surface area contributed by atoms with Crippen molar-refractivity contribution in [2.45, 2.75) is 31.4 Å². The molecule has 1 aliphatic carbocycles. The monoisotopic (exact) mass is 181 g/mol. The van der Waals surface area contributed by atoms with Gasteiger partial charge in [0.25, 0.3) is 0 Å². The lowest BCUT2D eigenvalue weighted by Gasteiger charge is -2.20. The van der Waals surface area contributed by atoms with E-state index in [0.29, 0.717) is 5.92 Å². The van der Waals surface area contributed by atoms with Crippen LogP contribution in [0, 0.1) is 17.2 Å². The largest absolute Gasteiger partial charge is 0.197 e. The van der Waals surface area contributed by atoms with Crippen LogP contribution in [0.5, 0.6) is 0 Å². The minimum absolute atomic E-state index is 0.121. The van der Waals surface area contributed by atoms with Crippen molar-refractivity contribution in [1.82, 2.24) is 0 Å². The first kappa shape index (κ1) is 9.67. The molecule has 2 heteroatoms. The van der Waals surface area contributed by atoms with E-state index in [2.05, 4.69) is 32.1 Å². The van der Waals surface area contributed by atoms with Crippen molar-refractivity contribution < 1.29 is 0 Å².